The van der Waals surface area contributed by atoms with Crippen molar-refractivity contribution in [1.29, 1.82) is 0 Å². The van der Waals surface area contributed by atoms with Gasteiger partial charge in [0, 0.05) is 0 Å². The summed E-state index contributed by atoms with van der Waals surface area (Å²) in [5.41, 5.74) is -1.08. The molecule has 1 aliphatic heterocycles. The summed E-state index contributed by atoms with van der Waals surface area (Å²) >= 11 is 0. The van der Waals surface area contributed by atoms with Gasteiger partial charge < -0.3 is 18.3 Å². The maximum atomic E-state index is 12.7. The van der Waals surface area contributed by atoms with Gasteiger partial charge in [-0.3, -0.25) is 0 Å². The monoisotopic (exact) mass is 414 g/mol. The number of epoxide rings is 1. The first-order chi connectivity index (χ1) is 12.0. The van der Waals surface area contributed by atoms with Crippen LogP contribution in [0.3, 0.4) is 0 Å². The molecular formula is C20H38O5Si2. The number of methoxy groups -OCH3 is 1. The number of hydrogen-bond acceptors (Lipinski definition) is 5. The Morgan fingerprint density at radius 1 is 0.926 bits per heavy atom. The number of esters is 1. The van der Waals surface area contributed by atoms with E-state index in [4.69, 9.17) is 18.3 Å². The summed E-state index contributed by atoms with van der Waals surface area (Å²) in [6.45, 7) is 22.0. The predicted molar refractivity (Wildman–Crippen MR) is 113 cm³/mol. The molecule has 0 aromatic rings. The van der Waals surface area contributed by atoms with E-state index < -0.39 is 28.3 Å². The normalized spacial score (nSPS) is 31.4. The highest BCUT2D eigenvalue weighted by atomic mass is 28.4. The topological polar surface area (TPSA) is 57.3 Å². The van der Waals surface area contributed by atoms with E-state index in [1.165, 1.54) is 7.11 Å². The lowest BCUT2D eigenvalue weighted by molar-refractivity contribution is -0.153. The summed E-state index contributed by atoms with van der Waals surface area (Å²) in [6.07, 6.45) is 2.85. The summed E-state index contributed by atoms with van der Waals surface area (Å²) in [5, 5.41) is 0.0689. The third-order valence-electron chi connectivity index (χ3n) is 6.85. The molecule has 0 amide bonds. The molecule has 1 heterocycles. The Kier molecular flexibility index (Phi) is 5.74. The second-order valence-electron chi connectivity index (χ2n) is 10.8. The highest BCUT2D eigenvalue weighted by Gasteiger charge is 2.72. The lowest BCUT2D eigenvalue weighted by atomic mass is 9.89. The van der Waals surface area contributed by atoms with Crippen LogP contribution in [0.25, 0.3) is 0 Å². The van der Waals surface area contributed by atoms with E-state index >= 15 is 0 Å². The molecule has 2 aliphatic rings. The first-order valence-corrected chi connectivity index (χ1v) is 15.6. The van der Waals surface area contributed by atoms with Crippen molar-refractivity contribution in [2.45, 2.75) is 102 Å². The van der Waals surface area contributed by atoms with E-state index in [1.807, 2.05) is 12.2 Å². The average molecular weight is 415 g/mol. The third-order valence-corrected chi connectivity index (χ3v) is 15.8. The molecule has 1 fully saturated rings. The van der Waals surface area contributed by atoms with Gasteiger partial charge >= 0.3 is 5.97 Å². The van der Waals surface area contributed by atoms with Gasteiger partial charge in [-0.05, 0) is 36.3 Å². The van der Waals surface area contributed by atoms with Crippen molar-refractivity contribution in [2.24, 2.45) is 0 Å². The van der Waals surface area contributed by atoms with Gasteiger partial charge in [-0.1, -0.05) is 53.7 Å². The zero-order valence-electron chi connectivity index (χ0n) is 18.9. The van der Waals surface area contributed by atoms with Gasteiger partial charge in [0.2, 0.25) is 5.60 Å². The zero-order valence-corrected chi connectivity index (χ0v) is 20.9. The Labute approximate surface area is 167 Å². The molecule has 0 N–H and O–H groups in total. The Bertz CT molecular complexity index is 615. The minimum absolute atomic E-state index is 0.0113. The molecule has 1 aliphatic carbocycles. The fraction of sp³-hybridized carbons (Fsp3) is 0.850. The molecule has 0 aromatic carbocycles. The molecule has 27 heavy (non-hydrogen) atoms. The largest absolute Gasteiger partial charge is 0.467 e. The second-order valence-corrected chi connectivity index (χ2v) is 20.4. The maximum Gasteiger partial charge on any atom is 0.344 e. The highest BCUT2D eigenvalue weighted by Crippen LogP contribution is 2.51. The molecule has 0 bridgehead atoms. The van der Waals surface area contributed by atoms with Crippen molar-refractivity contribution in [2.75, 3.05) is 7.11 Å². The van der Waals surface area contributed by atoms with Crippen LogP contribution >= 0.6 is 0 Å². The van der Waals surface area contributed by atoms with Gasteiger partial charge in [0.1, 0.15) is 12.2 Å². The van der Waals surface area contributed by atoms with Crippen molar-refractivity contribution >= 4 is 22.6 Å². The molecule has 0 spiro atoms. The summed E-state index contributed by atoms with van der Waals surface area (Å²) in [7, 11) is -2.83. The van der Waals surface area contributed by atoms with Crippen LogP contribution in [-0.4, -0.2) is 53.6 Å². The van der Waals surface area contributed by atoms with Crippen molar-refractivity contribution in [3.05, 3.63) is 12.2 Å². The van der Waals surface area contributed by atoms with Crippen LogP contribution in [0.2, 0.25) is 36.3 Å². The number of carbonyl (C=O) groups is 1. The molecule has 5 nitrogen and oxygen atoms in total. The number of rotatable bonds is 5. The second kappa shape index (κ2) is 6.80. The Morgan fingerprint density at radius 3 is 1.85 bits per heavy atom. The van der Waals surface area contributed by atoms with Crippen LogP contribution < -0.4 is 0 Å². The SMILES string of the molecule is COC(=O)[C@]12O[C@H]1C=CC(O[Si](C)(C)C(C)(C)C)C2O[Si](C)(C)C(C)(C)C. The highest BCUT2D eigenvalue weighted by molar-refractivity contribution is 6.74. The Hall–Kier alpha value is -0.476. The first-order valence-electron chi connectivity index (χ1n) is 9.80. The molecule has 156 valence electrons. The van der Waals surface area contributed by atoms with Gasteiger partial charge in [0.05, 0.1) is 13.2 Å². The smallest absolute Gasteiger partial charge is 0.344 e. The van der Waals surface area contributed by atoms with Gasteiger partial charge in [0.15, 0.2) is 16.6 Å². The molecule has 2 rings (SSSR count). The lowest BCUT2D eigenvalue weighted by Gasteiger charge is -2.46. The molecule has 0 saturated carbocycles. The van der Waals surface area contributed by atoms with Crippen LogP contribution in [0.4, 0.5) is 0 Å². The van der Waals surface area contributed by atoms with Crippen LogP contribution in [0, 0.1) is 0 Å². The quantitative estimate of drug-likeness (QED) is 0.284. The predicted octanol–water partition coefficient (Wildman–Crippen LogP) is 4.65. The summed E-state index contributed by atoms with van der Waals surface area (Å²) in [5.74, 6) is -0.371. The van der Waals surface area contributed by atoms with Crippen molar-refractivity contribution in [3.63, 3.8) is 0 Å². The minimum Gasteiger partial charge on any atom is -0.467 e. The molecule has 0 radical (unpaired) electrons. The van der Waals surface area contributed by atoms with E-state index in [1.54, 1.807) is 0 Å². The molecule has 7 heteroatoms. The van der Waals surface area contributed by atoms with E-state index in [2.05, 4.69) is 67.7 Å². The van der Waals surface area contributed by atoms with Gasteiger partial charge in [-0.25, -0.2) is 4.79 Å². The first kappa shape index (κ1) is 22.8. The number of hydrogen-bond donors (Lipinski definition) is 0. The summed E-state index contributed by atoms with van der Waals surface area (Å²) < 4.78 is 24.4. The average Bonchev–Trinajstić information content (AvgIpc) is 3.22. The van der Waals surface area contributed by atoms with E-state index in [0.29, 0.717) is 0 Å². The van der Waals surface area contributed by atoms with Gasteiger partial charge in [0.25, 0.3) is 0 Å². The van der Waals surface area contributed by atoms with Crippen LogP contribution in [0.1, 0.15) is 41.5 Å². The van der Waals surface area contributed by atoms with Crippen molar-refractivity contribution < 1.29 is 23.1 Å². The molecule has 1 saturated heterocycles. The van der Waals surface area contributed by atoms with Crippen LogP contribution in [-0.2, 0) is 23.1 Å². The minimum atomic E-state index is -2.16. The lowest BCUT2D eigenvalue weighted by Crippen LogP contribution is -2.59. The fourth-order valence-electron chi connectivity index (χ4n) is 2.85. The van der Waals surface area contributed by atoms with E-state index in [9.17, 15) is 4.79 Å². The molecule has 0 aromatic heterocycles. The van der Waals surface area contributed by atoms with Crippen LogP contribution in [0.5, 0.6) is 0 Å². The summed E-state index contributed by atoms with van der Waals surface area (Å²) in [6, 6.07) is 0. The Morgan fingerprint density at radius 2 is 1.41 bits per heavy atom. The van der Waals surface area contributed by atoms with E-state index in [0.717, 1.165) is 0 Å². The Balaban J connectivity index is 2.42. The molecule has 2 unspecified atom stereocenters. The van der Waals surface area contributed by atoms with Gasteiger partial charge in [-0.2, -0.15) is 0 Å². The third kappa shape index (κ3) is 3.99. The molecular weight excluding hydrogens is 376 g/mol. The van der Waals surface area contributed by atoms with Crippen molar-refractivity contribution in [3.8, 4) is 0 Å². The number of fused-ring (bicyclic) bond motifs is 1. The van der Waals surface area contributed by atoms with Crippen LogP contribution in [0.15, 0.2) is 12.2 Å². The fourth-order valence-corrected chi connectivity index (χ4v) is 5.38. The van der Waals surface area contributed by atoms with Crippen molar-refractivity contribution in [1.82, 2.24) is 0 Å². The maximum absolute atomic E-state index is 12.7. The summed E-state index contributed by atoms with van der Waals surface area (Å²) in [4.78, 5) is 12.7. The number of ether oxygens (including phenoxy) is 2. The standard InChI is InChI=1S/C20H38O5Si2/c1-18(2,3)26(8,9)24-14-12-13-15-20(23-15,17(21)22-7)16(14)25-27(10,11)19(4,5)6/h12-16H,1-11H3/t14?,15-,16?,20-/m0/s1. The van der Waals surface area contributed by atoms with E-state index in [-0.39, 0.29) is 28.3 Å². The number of carbonyl (C=O) groups excluding carboxylic acids is 1. The van der Waals surface area contributed by atoms with Gasteiger partial charge in [-0.15, -0.1) is 0 Å². The zero-order chi connectivity index (χ0) is 21.1. The molecule has 4 atom stereocenters.